The van der Waals surface area contributed by atoms with Crippen LogP contribution < -0.4 is 0 Å². The molecule has 1 aliphatic rings. The van der Waals surface area contributed by atoms with E-state index in [2.05, 4.69) is 4.90 Å². The Balaban J connectivity index is 2.06. The van der Waals surface area contributed by atoms with Gasteiger partial charge in [0.2, 0.25) is 0 Å². The summed E-state index contributed by atoms with van der Waals surface area (Å²) in [5, 5.41) is 0. The standard InChI is InChI=1S/C22H27NO3/c1-2-26-21(24)22(19-9-5-3-6-10-19,20-11-7-4-8-12-20)13-14-23-15-17-25-18-16-23/h3-12H,2,13-18H2,1H3/i1D3,2D2. The van der Waals surface area contributed by atoms with Gasteiger partial charge in [0.05, 0.1) is 22.5 Å². The van der Waals surface area contributed by atoms with E-state index in [9.17, 15) is 4.79 Å². The van der Waals surface area contributed by atoms with Crippen molar-refractivity contribution < 1.29 is 21.1 Å². The van der Waals surface area contributed by atoms with Crippen LogP contribution in [0.1, 0.15) is 31.3 Å². The molecule has 0 radical (unpaired) electrons. The predicted molar refractivity (Wildman–Crippen MR) is 102 cm³/mol. The highest BCUT2D eigenvalue weighted by Gasteiger charge is 2.43. The summed E-state index contributed by atoms with van der Waals surface area (Å²) in [4.78, 5) is 15.8. The topological polar surface area (TPSA) is 38.8 Å². The van der Waals surface area contributed by atoms with Crippen molar-refractivity contribution in [1.82, 2.24) is 4.90 Å². The number of morpholine rings is 1. The molecule has 2 aromatic carbocycles. The molecule has 0 aromatic heterocycles. The minimum atomic E-state index is -3.11. The third-order valence-electron chi connectivity index (χ3n) is 4.93. The number of rotatable bonds is 7. The average molecular weight is 358 g/mol. The van der Waals surface area contributed by atoms with Crippen LogP contribution >= 0.6 is 0 Å². The molecule has 138 valence electrons. The second kappa shape index (κ2) is 8.97. The summed E-state index contributed by atoms with van der Waals surface area (Å²) in [6.45, 7) is -3.01. The van der Waals surface area contributed by atoms with Gasteiger partial charge >= 0.3 is 5.97 Å². The molecule has 0 saturated carbocycles. The summed E-state index contributed by atoms with van der Waals surface area (Å²) in [6.07, 6.45) is 0.303. The zero-order valence-corrected chi connectivity index (χ0v) is 14.7. The quantitative estimate of drug-likeness (QED) is 0.712. The lowest BCUT2D eigenvalue weighted by Crippen LogP contribution is -2.44. The Bertz CT molecular complexity index is 813. The van der Waals surface area contributed by atoms with Gasteiger partial charge in [-0.15, -0.1) is 0 Å². The highest BCUT2D eigenvalue weighted by molar-refractivity contribution is 5.87. The Morgan fingerprint density at radius 2 is 1.69 bits per heavy atom. The van der Waals surface area contributed by atoms with Crippen LogP contribution in [0.2, 0.25) is 0 Å². The number of benzene rings is 2. The highest BCUT2D eigenvalue weighted by atomic mass is 16.5. The molecule has 4 nitrogen and oxygen atoms in total. The van der Waals surface area contributed by atoms with E-state index < -0.39 is 24.8 Å². The second-order valence-electron chi connectivity index (χ2n) is 6.33. The van der Waals surface area contributed by atoms with Crippen molar-refractivity contribution in [3.05, 3.63) is 71.8 Å². The van der Waals surface area contributed by atoms with Crippen LogP contribution in [0.25, 0.3) is 0 Å². The lowest BCUT2D eigenvalue weighted by molar-refractivity contribution is -0.149. The van der Waals surface area contributed by atoms with E-state index in [1.165, 1.54) is 0 Å². The maximum atomic E-state index is 13.6. The lowest BCUT2D eigenvalue weighted by atomic mass is 9.71. The number of hydrogen-bond acceptors (Lipinski definition) is 4. The Morgan fingerprint density at radius 1 is 1.12 bits per heavy atom. The van der Waals surface area contributed by atoms with Gasteiger partial charge in [0.25, 0.3) is 0 Å². The minimum absolute atomic E-state index is 0.303. The minimum Gasteiger partial charge on any atom is -0.465 e. The molecule has 0 unspecified atom stereocenters. The molecule has 26 heavy (non-hydrogen) atoms. The highest BCUT2D eigenvalue weighted by Crippen LogP contribution is 2.37. The summed E-state index contributed by atoms with van der Waals surface area (Å²) in [6, 6.07) is 18.0. The van der Waals surface area contributed by atoms with E-state index in [0.717, 1.165) is 13.1 Å². The molecule has 0 spiro atoms. The predicted octanol–water partition coefficient (Wildman–Crippen LogP) is 3.26. The fourth-order valence-electron chi connectivity index (χ4n) is 3.52. The summed E-state index contributed by atoms with van der Waals surface area (Å²) in [5.74, 6) is -0.917. The first-order valence-corrected chi connectivity index (χ1v) is 8.81. The van der Waals surface area contributed by atoms with Gasteiger partial charge < -0.3 is 9.47 Å². The van der Waals surface area contributed by atoms with Gasteiger partial charge in [-0.3, -0.25) is 9.69 Å². The molecule has 0 N–H and O–H groups in total. The first kappa shape index (κ1) is 13.1. The number of esters is 1. The molecule has 2 aromatic rings. The van der Waals surface area contributed by atoms with E-state index in [-0.39, 0.29) is 0 Å². The van der Waals surface area contributed by atoms with Gasteiger partial charge in [-0.25, -0.2) is 0 Å². The molecule has 4 heteroatoms. The summed E-state index contributed by atoms with van der Waals surface area (Å²) in [7, 11) is 0. The van der Waals surface area contributed by atoms with Crippen LogP contribution in [0.5, 0.6) is 0 Å². The fraction of sp³-hybridized carbons (Fsp3) is 0.409. The molecule has 3 rings (SSSR count). The zero-order valence-electron chi connectivity index (χ0n) is 19.7. The Hall–Kier alpha value is -2.17. The van der Waals surface area contributed by atoms with Crippen molar-refractivity contribution in [2.45, 2.75) is 18.7 Å². The smallest absolute Gasteiger partial charge is 0.321 e. The van der Waals surface area contributed by atoms with Gasteiger partial charge in [0.1, 0.15) is 5.41 Å². The Kier molecular flexibility index (Phi) is 4.51. The maximum absolute atomic E-state index is 13.6. The van der Waals surface area contributed by atoms with Crippen LogP contribution in [0, 0.1) is 0 Å². The van der Waals surface area contributed by atoms with Crippen LogP contribution in [0.3, 0.4) is 0 Å². The van der Waals surface area contributed by atoms with Crippen molar-refractivity contribution in [3.8, 4) is 0 Å². The average Bonchev–Trinajstić information content (AvgIpc) is 2.75. The van der Waals surface area contributed by atoms with Gasteiger partial charge in [0.15, 0.2) is 0 Å². The summed E-state index contributed by atoms with van der Waals surface area (Å²) >= 11 is 0. The van der Waals surface area contributed by atoms with Crippen molar-refractivity contribution in [1.29, 1.82) is 0 Å². The molecule has 0 bridgehead atoms. The van der Waals surface area contributed by atoms with Crippen LogP contribution in [0.4, 0.5) is 0 Å². The lowest BCUT2D eigenvalue weighted by Gasteiger charge is -2.35. The van der Waals surface area contributed by atoms with Crippen molar-refractivity contribution in [2.24, 2.45) is 0 Å². The van der Waals surface area contributed by atoms with Gasteiger partial charge in [-0.05, 0) is 24.4 Å². The van der Waals surface area contributed by atoms with Gasteiger partial charge in [-0.1, -0.05) is 60.7 Å². The van der Waals surface area contributed by atoms with E-state index in [4.69, 9.17) is 16.3 Å². The normalized spacial score (nSPS) is 19.5. The van der Waals surface area contributed by atoms with Gasteiger partial charge in [0, 0.05) is 23.7 Å². The van der Waals surface area contributed by atoms with Crippen molar-refractivity contribution >= 4 is 5.97 Å². The Morgan fingerprint density at radius 3 is 2.23 bits per heavy atom. The van der Waals surface area contributed by atoms with E-state index in [1.807, 2.05) is 12.1 Å². The molecule has 0 aliphatic carbocycles. The number of carbonyl (C=O) groups is 1. The molecule has 1 fully saturated rings. The molecule has 0 atom stereocenters. The molecule has 1 heterocycles. The third-order valence-corrected chi connectivity index (χ3v) is 4.93. The van der Waals surface area contributed by atoms with Crippen LogP contribution in [-0.2, 0) is 19.7 Å². The number of hydrogen-bond donors (Lipinski definition) is 0. The second-order valence-corrected chi connectivity index (χ2v) is 6.33. The molecule has 1 saturated heterocycles. The number of ether oxygens (including phenoxy) is 2. The van der Waals surface area contributed by atoms with E-state index in [1.54, 1.807) is 48.5 Å². The number of nitrogens with zero attached hydrogens (tertiary/aromatic N) is 1. The van der Waals surface area contributed by atoms with Crippen LogP contribution in [0.15, 0.2) is 60.7 Å². The monoisotopic (exact) mass is 358 g/mol. The number of carbonyl (C=O) groups excluding carboxylic acids is 1. The van der Waals surface area contributed by atoms with E-state index >= 15 is 0 Å². The third kappa shape index (κ3) is 3.97. The summed E-state index contributed by atoms with van der Waals surface area (Å²) in [5.41, 5.74) is -0.110. The Labute approximate surface area is 162 Å². The maximum Gasteiger partial charge on any atom is 0.321 e. The van der Waals surface area contributed by atoms with Crippen molar-refractivity contribution in [3.63, 3.8) is 0 Å². The molecule has 0 amide bonds. The van der Waals surface area contributed by atoms with Crippen LogP contribution in [-0.4, -0.2) is 50.3 Å². The SMILES string of the molecule is [2H]C([2H])([2H])C([2H])([2H])OC(=O)C(CCN1CCOCC1)(c1ccccc1)c1ccccc1. The largest absolute Gasteiger partial charge is 0.465 e. The molecular formula is C22H27NO3. The van der Waals surface area contributed by atoms with Crippen molar-refractivity contribution in [2.75, 3.05) is 39.4 Å². The zero-order chi connectivity index (χ0) is 22.5. The molecule has 1 aliphatic heterocycles. The first-order valence-electron chi connectivity index (χ1n) is 11.3. The molecular weight excluding hydrogens is 326 g/mol. The van der Waals surface area contributed by atoms with E-state index in [0.29, 0.717) is 37.3 Å². The summed E-state index contributed by atoms with van der Waals surface area (Å²) < 4.78 is 48.7. The van der Waals surface area contributed by atoms with Gasteiger partial charge in [-0.2, -0.15) is 0 Å². The fourth-order valence-corrected chi connectivity index (χ4v) is 3.52. The first-order chi connectivity index (χ1) is 14.7.